The molecule has 164 valence electrons. The van der Waals surface area contributed by atoms with Crippen LogP contribution < -0.4 is 5.73 Å². The summed E-state index contributed by atoms with van der Waals surface area (Å²) in [4.78, 5) is 20.5. The quantitative estimate of drug-likeness (QED) is 0.431. The van der Waals surface area contributed by atoms with Crippen LogP contribution in [0.5, 0.6) is 0 Å². The maximum atomic E-state index is 14.7. The predicted molar refractivity (Wildman–Crippen MR) is 113 cm³/mol. The molecule has 8 heteroatoms. The first-order valence-corrected chi connectivity index (χ1v) is 9.78. The number of aliphatic hydroxyl groups excluding tert-OH is 1. The third-order valence-corrected chi connectivity index (χ3v) is 4.81. The lowest BCUT2D eigenvalue weighted by molar-refractivity contribution is 0.00647. The van der Waals surface area contributed by atoms with Crippen molar-refractivity contribution >= 4 is 17.5 Å². The minimum atomic E-state index is -1.35. The van der Waals surface area contributed by atoms with Crippen molar-refractivity contribution in [1.82, 2.24) is 0 Å². The molecule has 6 nitrogen and oxygen atoms in total. The van der Waals surface area contributed by atoms with Crippen LogP contribution in [0.15, 0.2) is 40.5 Å². The van der Waals surface area contributed by atoms with Crippen LogP contribution in [0.1, 0.15) is 56.0 Å². The summed E-state index contributed by atoms with van der Waals surface area (Å²) in [6, 6.07) is 3.93. The highest BCUT2D eigenvalue weighted by Crippen LogP contribution is 2.32. The molecule has 0 aromatic heterocycles. The molecule has 0 amide bonds. The van der Waals surface area contributed by atoms with Crippen LogP contribution in [-0.2, 0) is 4.74 Å². The van der Waals surface area contributed by atoms with Crippen molar-refractivity contribution in [2.75, 3.05) is 7.05 Å². The van der Waals surface area contributed by atoms with Crippen molar-refractivity contribution in [1.29, 1.82) is 0 Å². The van der Waals surface area contributed by atoms with E-state index in [-0.39, 0.29) is 29.4 Å². The third-order valence-electron chi connectivity index (χ3n) is 4.81. The number of alkyl halides is 1. The van der Waals surface area contributed by atoms with Crippen LogP contribution in [0.4, 0.5) is 8.78 Å². The Morgan fingerprint density at radius 3 is 2.53 bits per heavy atom. The first-order valence-electron chi connectivity index (χ1n) is 9.78. The number of rotatable bonds is 5. The molecule has 0 radical (unpaired) electrons. The molecule has 0 aliphatic heterocycles. The molecule has 3 atom stereocenters. The fraction of sp³-hybridized carbons (Fsp3) is 0.500. The summed E-state index contributed by atoms with van der Waals surface area (Å²) >= 11 is 0. The SMILES string of the molecule is C=C(N=C(C(N)=NC)c1ccc(C(=O)OC(C)(C)C)c(F)c1)[C@@H]1CC[C@@H](O)[C@@H](F)C1. The Hall–Kier alpha value is -2.61. The molecule has 1 saturated carbocycles. The number of halogens is 2. The lowest BCUT2D eigenvalue weighted by Crippen LogP contribution is -2.31. The molecular weight excluding hydrogens is 392 g/mol. The van der Waals surface area contributed by atoms with Crippen LogP contribution in [0, 0.1) is 11.7 Å². The number of amidine groups is 1. The molecular formula is C22H29F2N3O3. The van der Waals surface area contributed by atoms with Gasteiger partial charge in [-0.3, -0.25) is 4.99 Å². The molecule has 3 N–H and O–H groups in total. The summed E-state index contributed by atoms with van der Waals surface area (Å²) in [6.07, 6.45) is -1.37. The number of carbonyl (C=O) groups excluding carboxylic acids is 1. The van der Waals surface area contributed by atoms with E-state index in [2.05, 4.69) is 16.6 Å². The second-order valence-electron chi connectivity index (χ2n) is 8.35. The largest absolute Gasteiger partial charge is 0.456 e. The first-order chi connectivity index (χ1) is 13.9. The number of nitrogens with two attached hydrogens (primary N) is 1. The van der Waals surface area contributed by atoms with Gasteiger partial charge in [0, 0.05) is 24.2 Å². The normalized spacial score (nSPS) is 23.2. The number of aliphatic hydroxyl groups is 1. The van der Waals surface area contributed by atoms with Crippen LogP contribution in [0.25, 0.3) is 0 Å². The second-order valence-corrected chi connectivity index (χ2v) is 8.35. The average Bonchev–Trinajstić information content (AvgIpc) is 2.65. The fourth-order valence-corrected chi connectivity index (χ4v) is 3.17. The number of carbonyl (C=O) groups is 1. The molecule has 0 spiro atoms. The highest BCUT2D eigenvalue weighted by Gasteiger charge is 2.31. The molecule has 0 heterocycles. The van der Waals surface area contributed by atoms with Gasteiger partial charge in [-0.15, -0.1) is 0 Å². The summed E-state index contributed by atoms with van der Waals surface area (Å²) in [5.41, 5.74) is 5.85. The van der Waals surface area contributed by atoms with Gasteiger partial charge in [0.25, 0.3) is 0 Å². The molecule has 1 aromatic rings. The van der Waals surface area contributed by atoms with E-state index in [9.17, 15) is 18.7 Å². The standard InChI is InChI=1S/C22H29F2N3O3/c1-12(13-7-9-18(28)17(24)10-13)27-19(20(25)26-5)14-6-8-15(16(23)11-14)21(29)30-22(2,3)4/h6,8,11,13,17-18,28H,1,7,9-10H2,2-5H3,(H2,25,26)/t13-,17+,18-/m1/s1. The van der Waals surface area contributed by atoms with Crippen molar-refractivity contribution in [3.63, 3.8) is 0 Å². The highest BCUT2D eigenvalue weighted by molar-refractivity contribution is 6.47. The van der Waals surface area contributed by atoms with Gasteiger partial charge >= 0.3 is 5.97 Å². The Labute approximate surface area is 175 Å². The highest BCUT2D eigenvalue weighted by atomic mass is 19.1. The van der Waals surface area contributed by atoms with E-state index in [0.29, 0.717) is 24.1 Å². The minimum Gasteiger partial charge on any atom is -0.456 e. The van der Waals surface area contributed by atoms with Crippen LogP contribution >= 0.6 is 0 Å². The van der Waals surface area contributed by atoms with Gasteiger partial charge in [-0.25, -0.2) is 18.6 Å². The van der Waals surface area contributed by atoms with E-state index < -0.39 is 29.7 Å². The number of aliphatic imine (C=N–C) groups is 2. The minimum absolute atomic E-state index is 0.0493. The van der Waals surface area contributed by atoms with Crippen molar-refractivity contribution in [2.24, 2.45) is 21.6 Å². The Bertz CT molecular complexity index is 875. The third kappa shape index (κ3) is 5.95. The number of nitrogens with zero attached hydrogens (tertiary/aromatic N) is 2. The van der Waals surface area contributed by atoms with E-state index in [0.717, 1.165) is 6.07 Å². The fourth-order valence-electron chi connectivity index (χ4n) is 3.17. The van der Waals surface area contributed by atoms with Gasteiger partial charge in [-0.05, 0) is 52.2 Å². The van der Waals surface area contributed by atoms with Gasteiger partial charge in [-0.1, -0.05) is 12.6 Å². The van der Waals surface area contributed by atoms with Gasteiger partial charge in [0.05, 0.1) is 11.7 Å². The maximum Gasteiger partial charge on any atom is 0.341 e. The molecule has 1 aromatic carbocycles. The number of ether oxygens (including phenoxy) is 1. The van der Waals surface area contributed by atoms with E-state index in [1.807, 2.05) is 0 Å². The molecule has 30 heavy (non-hydrogen) atoms. The zero-order valence-electron chi connectivity index (χ0n) is 17.8. The zero-order chi connectivity index (χ0) is 22.6. The van der Waals surface area contributed by atoms with E-state index in [4.69, 9.17) is 10.5 Å². The van der Waals surface area contributed by atoms with Gasteiger partial charge in [0.2, 0.25) is 0 Å². The molecule has 2 rings (SSSR count). The maximum absolute atomic E-state index is 14.7. The van der Waals surface area contributed by atoms with Crippen molar-refractivity contribution in [3.05, 3.63) is 47.4 Å². The Balaban J connectivity index is 2.33. The van der Waals surface area contributed by atoms with Gasteiger partial charge in [0.1, 0.15) is 29.1 Å². The predicted octanol–water partition coefficient (Wildman–Crippen LogP) is 3.57. The molecule has 0 unspecified atom stereocenters. The molecule has 1 aliphatic carbocycles. The van der Waals surface area contributed by atoms with Crippen molar-refractivity contribution in [2.45, 2.75) is 57.9 Å². The summed E-state index contributed by atoms with van der Waals surface area (Å²) in [6.45, 7) is 8.99. The zero-order valence-corrected chi connectivity index (χ0v) is 17.8. The smallest absolute Gasteiger partial charge is 0.341 e. The first kappa shape index (κ1) is 23.7. The van der Waals surface area contributed by atoms with Crippen molar-refractivity contribution < 1.29 is 23.4 Å². The number of esters is 1. The number of benzene rings is 1. The number of hydrogen-bond donors (Lipinski definition) is 2. The van der Waals surface area contributed by atoms with Crippen LogP contribution in [0.3, 0.4) is 0 Å². The van der Waals surface area contributed by atoms with Crippen LogP contribution in [-0.4, -0.2) is 47.5 Å². The summed E-state index contributed by atoms with van der Waals surface area (Å²) in [7, 11) is 1.47. The van der Waals surface area contributed by atoms with Crippen molar-refractivity contribution in [3.8, 4) is 0 Å². The van der Waals surface area contributed by atoms with Gasteiger partial charge < -0.3 is 15.6 Å². The van der Waals surface area contributed by atoms with Gasteiger partial charge in [-0.2, -0.15) is 0 Å². The molecule has 0 saturated heterocycles. The molecule has 0 bridgehead atoms. The molecule has 1 aliphatic rings. The Kier molecular flexibility index (Phi) is 7.47. The number of allylic oxidation sites excluding steroid dienone is 1. The summed E-state index contributed by atoms with van der Waals surface area (Å²) in [5, 5.41) is 9.58. The van der Waals surface area contributed by atoms with E-state index >= 15 is 0 Å². The van der Waals surface area contributed by atoms with E-state index in [1.54, 1.807) is 20.8 Å². The second kappa shape index (κ2) is 9.47. The summed E-state index contributed by atoms with van der Waals surface area (Å²) in [5.74, 6) is -1.78. The van der Waals surface area contributed by atoms with Crippen LogP contribution in [0.2, 0.25) is 0 Å². The Morgan fingerprint density at radius 1 is 1.33 bits per heavy atom. The van der Waals surface area contributed by atoms with E-state index in [1.165, 1.54) is 19.2 Å². The average molecular weight is 421 g/mol. The summed E-state index contributed by atoms with van der Waals surface area (Å²) < 4.78 is 33.7. The monoisotopic (exact) mass is 421 g/mol. The Morgan fingerprint density at radius 2 is 2.00 bits per heavy atom. The lowest BCUT2D eigenvalue weighted by atomic mass is 9.84. The molecule has 1 fully saturated rings. The van der Waals surface area contributed by atoms with Gasteiger partial charge in [0.15, 0.2) is 0 Å². The topological polar surface area (TPSA) is 97.3 Å². The number of hydrogen-bond acceptors (Lipinski definition) is 5. The lowest BCUT2D eigenvalue weighted by Gasteiger charge is -2.28.